The second-order valence-corrected chi connectivity index (χ2v) is 1.98. The Morgan fingerprint density at radius 1 is 1.42 bits per heavy atom. The maximum atomic E-state index is 10.4. The van der Waals surface area contributed by atoms with Crippen LogP contribution in [0.4, 0.5) is 0 Å². The molecule has 0 bridgehead atoms. The topological polar surface area (TPSA) is 40.1 Å². The second-order valence-electron chi connectivity index (χ2n) is 1.98. The summed E-state index contributed by atoms with van der Waals surface area (Å²) in [6.45, 7) is 0. The molecule has 0 spiro atoms. The van der Waals surface area contributed by atoms with Gasteiger partial charge in [0.1, 0.15) is 0 Å². The van der Waals surface area contributed by atoms with Gasteiger partial charge in [0.25, 0.3) is 0 Å². The number of terminal acetylenes is 1. The summed E-state index contributed by atoms with van der Waals surface area (Å²) in [5, 5.41) is 10.4. The third-order valence-electron chi connectivity index (χ3n) is 1.30. The Labute approximate surface area is 113 Å². The van der Waals surface area contributed by atoms with Gasteiger partial charge in [0.15, 0.2) is 0 Å². The zero-order chi connectivity index (χ0) is 8.27. The van der Waals surface area contributed by atoms with Crippen molar-refractivity contribution in [3.05, 3.63) is 35.4 Å². The van der Waals surface area contributed by atoms with E-state index in [2.05, 4.69) is 5.92 Å². The van der Waals surface area contributed by atoms with Crippen molar-refractivity contribution in [2.45, 2.75) is 0 Å². The Hall–Kier alpha value is -0.114. The van der Waals surface area contributed by atoms with Crippen LogP contribution in [-0.4, -0.2) is 5.97 Å². The largest absolute Gasteiger partial charge is 1.00 e. The Morgan fingerprint density at radius 3 is 2.42 bits per heavy atom. The van der Waals surface area contributed by atoms with Crippen molar-refractivity contribution >= 4 is 5.97 Å². The molecule has 1 aromatic rings. The molecular weight excluding hydrogens is 179 g/mol. The molecule has 0 fully saturated rings. The van der Waals surface area contributed by atoms with E-state index in [4.69, 9.17) is 6.42 Å². The van der Waals surface area contributed by atoms with Crippen LogP contribution >= 0.6 is 0 Å². The van der Waals surface area contributed by atoms with Crippen molar-refractivity contribution in [3.8, 4) is 12.3 Å². The summed E-state index contributed by atoms with van der Waals surface area (Å²) in [4.78, 5) is 10.4. The SMILES string of the molecule is C#Cc1ccccc1C(=O)[O-].[K+]. The molecule has 1 aromatic carbocycles. The number of carboxylic acids is 1. The van der Waals surface area contributed by atoms with Crippen molar-refractivity contribution in [1.29, 1.82) is 0 Å². The first kappa shape index (κ1) is 11.9. The van der Waals surface area contributed by atoms with E-state index in [0.717, 1.165) is 0 Å². The van der Waals surface area contributed by atoms with Crippen LogP contribution in [0.3, 0.4) is 0 Å². The van der Waals surface area contributed by atoms with Crippen LogP contribution in [0.25, 0.3) is 0 Å². The van der Waals surface area contributed by atoms with Gasteiger partial charge in [0.2, 0.25) is 0 Å². The van der Waals surface area contributed by atoms with Gasteiger partial charge >= 0.3 is 51.4 Å². The molecule has 12 heavy (non-hydrogen) atoms. The molecule has 0 N–H and O–H groups in total. The average molecular weight is 184 g/mol. The minimum absolute atomic E-state index is 0. The van der Waals surface area contributed by atoms with E-state index >= 15 is 0 Å². The van der Waals surface area contributed by atoms with Crippen molar-refractivity contribution < 1.29 is 61.3 Å². The van der Waals surface area contributed by atoms with Crippen LogP contribution in [0.2, 0.25) is 0 Å². The molecule has 3 heteroatoms. The minimum Gasteiger partial charge on any atom is -0.545 e. The van der Waals surface area contributed by atoms with Crippen LogP contribution in [0, 0.1) is 12.3 Å². The fourth-order valence-corrected chi connectivity index (χ4v) is 0.787. The smallest absolute Gasteiger partial charge is 0.545 e. The number of hydrogen-bond acceptors (Lipinski definition) is 2. The fourth-order valence-electron chi connectivity index (χ4n) is 0.787. The van der Waals surface area contributed by atoms with E-state index in [1.165, 1.54) is 6.07 Å². The van der Waals surface area contributed by atoms with E-state index in [1.807, 2.05) is 0 Å². The van der Waals surface area contributed by atoms with E-state index in [9.17, 15) is 9.90 Å². The normalized spacial score (nSPS) is 7.92. The maximum Gasteiger partial charge on any atom is 1.00 e. The Kier molecular flexibility index (Phi) is 5.47. The van der Waals surface area contributed by atoms with Crippen molar-refractivity contribution in [1.82, 2.24) is 0 Å². The molecule has 0 saturated heterocycles. The van der Waals surface area contributed by atoms with Gasteiger partial charge in [-0.15, -0.1) is 6.42 Å². The molecule has 0 aliphatic heterocycles. The summed E-state index contributed by atoms with van der Waals surface area (Å²) in [5.41, 5.74) is 0.419. The molecule has 0 aliphatic rings. The van der Waals surface area contributed by atoms with Gasteiger partial charge in [-0.05, 0) is 6.07 Å². The quantitative estimate of drug-likeness (QED) is 0.345. The van der Waals surface area contributed by atoms with Gasteiger partial charge in [0, 0.05) is 11.1 Å². The average Bonchev–Trinajstić information content (AvgIpc) is 2.04. The molecule has 0 atom stereocenters. The molecule has 54 valence electrons. The number of benzene rings is 1. The molecule has 0 heterocycles. The molecule has 0 radical (unpaired) electrons. The van der Waals surface area contributed by atoms with Crippen LogP contribution in [-0.2, 0) is 0 Å². The Bertz CT molecular complexity index is 326. The van der Waals surface area contributed by atoms with Gasteiger partial charge in [-0.25, -0.2) is 0 Å². The van der Waals surface area contributed by atoms with E-state index in [0.29, 0.717) is 5.56 Å². The zero-order valence-corrected chi connectivity index (χ0v) is 9.83. The van der Waals surface area contributed by atoms with Gasteiger partial charge in [0.05, 0.1) is 5.97 Å². The van der Waals surface area contributed by atoms with Crippen molar-refractivity contribution in [2.75, 3.05) is 0 Å². The molecule has 0 saturated carbocycles. The molecule has 0 aliphatic carbocycles. The summed E-state index contributed by atoms with van der Waals surface area (Å²) in [7, 11) is 0. The first-order valence-electron chi connectivity index (χ1n) is 3.02. The van der Waals surface area contributed by atoms with E-state index in [-0.39, 0.29) is 56.9 Å². The molecule has 2 nitrogen and oxygen atoms in total. The monoisotopic (exact) mass is 184 g/mol. The Morgan fingerprint density at radius 2 is 2.00 bits per heavy atom. The number of hydrogen-bond donors (Lipinski definition) is 0. The predicted molar refractivity (Wildman–Crippen MR) is 38.7 cm³/mol. The number of carbonyl (C=O) groups excluding carboxylic acids is 1. The number of aromatic carboxylic acids is 1. The second kappa shape index (κ2) is 5.52. The van der Waals surface area contributed by atoms with E-state index < -0.39 is 5.97 Å². The zero-order valence-electron chi connectivity index (χ0n) is 6.70. The predicted octanol–water partition coefficient (Wildman–Crippen LogP) is -2.96. The third kappa shape index (κ3) is 2.74. The number of carbonyl (C=O) groups is 1. The molecule has 1 rings (SSSR count). The van der Waals surface area contributed by atoms with Crippen LogP contribution < -0.4 is 56.5 Å². The van der Waals surface area contributed by atoms with Crippen LogP contribution in [0.15, 0.2) is 24.3 Å². The Balaban J connectivity index is 0.00000121. The van der Waals surface area contributed by atoms with Gasteiger partial charge in [-0.1, -0.05) is 24.1 Å². The van der Waals surface area contributed by atoms with Crippen LogP contribution in [0.5, 0.6) is 0 Å². The van der Waals surface area contributed by atoms with Crippen LogP contribution in [0.1, 0.15) is 15.9 Å². The molecule has 0 aromatic heterocycles. The standard InChI is InChI=1S/C9H6O2.K/c1-2-7-5-3-4-6-8(7)9(10)11;/h1,3-6H,(H,10,11);/q;+1/p-1. The van der Waals surface area contributed by atoms with E-state index in [1.54, 1.807) is 18.2 Å². The molecule has 0 amide bonds. The first-order chi connectivity index (χ1) is 5.25. The van der Waals surface area contributed by atoms with Crippen molar-refractivity contribution in [2.24, 2.45) is 0 Å². The maximum absolute atomic E-state index is 10.4. The van der Waals surface area contributed by atoms with Gasteiger partial charge in [-0.3, -0.25) is 0 Å². The summed E-state index contributed by atoms with van der Waals surface area (Å²) < 4.78 is 0. The third-order valence-corrected chi connectivity index (χ3v) is 1.30. The summed E-state index contributed by atoms with van der Waals surface area (Å²) in [6.07, 6.45) is 5.05. The number of carboxylic acid groups (broad SMARTS) is 1. The minimum atomic E-state index is -1.24. The fraction of sp³-hybridized carbons (Fsp3) is 0. The first-order valence-corrected chi connectivity index (χ1v) is 3.02. The summed E-state index contributed by atoms with van der Waals surface area (Å²) in [6, 6.07) is 6.27. The molecule has 0 unspecified atom stereocenters. The van der Waals surface area contributed by atoms with Gasteiger partial charge in [-0.2, -0.15) is 0 Å². The summed E-state index contributed by atoms with van der Waals surface area (Å²) >= 11 is 0. The summed E-state index contributed by atoms with van der Waals surface area (Å²) in [5.74, 6) is 1.02. The van der Waals surface area contributed by atoms with Gasteiger partial charge < -0.3 is 9.90 Å². The molecular formula is C9H5KO2. The van der Waals surface area contributed by atoms with Crippen molar-refractivity contribution in [3.63, 3.8) is 0 Å². The number of rotatable bonds is 1.